The third-order valence-electron chi connectivity index (χ3n) is 5.16. The number of carbonyl (C=O) groups excluding carboxylic acids is 1. The van der Waals surface area contributed by atoms with E-state index in [1.165, 1.54) is 16.4 Å². The van der Waals surface area contributed by atoms with Crippen molar-refractivity contribution in [3.63, 3.8) is 0 Å². The Morgan fingerprint density at radius 2 is 1.44 bits per heavy atom. The van der Waals surface area contributed by atoms with Crippen LogP contribution in [0.25, 0.3) is 11.6 Å². The Kier molecular flexibility index (Phi) is 6.80. The van der Waals surface area contributed by atoms with Crippen LogP contribution in [-0.2, 0) is 19.6 Å². The summed E-state index contributed by atoms with van der Waals surface area (Å²) in [6.45, 7) is 1.46. The molecule has 1 fully saturated rings. The van der Waals surface area contributed by atoms with Gasteiger partial charge in [0.15, 0.2) is 0 Å². The molecule has 0 aliphatic carbocycles. The molecule has 1 saturated heterocycles. The first kappa shape index (κ1) is 22.0. The van der Waals surface area contributed by atoms with E-state index in [0.717, 1.165) is 11.1 Å². The highest BCUT2D eigenvalue weighted by Crippen LogP contribution is 2.23. The van der Waals surface area contributed by atoms with Crippen LogP contribution in [0.5, 0.6) is 0 Å². The lowest BCUT2D eigenvalue weighted by Gasteiger charge is -2.26. The minimum Gasteiger partial charge on any atom is -0.379 e. The van der Waals surface area contributed by atoms with Crippen molar-refractivity contribution >= 4 is 33.3 Å². The largest absolute Gasteiger partial charge is 0.379 e. The molecule has 0 atom stereocenters. The monoisotopic (exact) mass is 448 g/mol. The Balaban J connectivity index is 1.55. The zero-order valence-electron chi connectivity index (χ0n) is 17.5. The summed E-state index contributed by atoms with van der Waals surface area (Å²) in [6, 6.07) is 25.3. The standard InChI is InChI=1S/C25H24N2O4S/c28-25(24(21-9-5-2-6-10-21)19-20-7-3-1-4-8-20)26-22-11-13-23(14-12-22)32(29,30)27-15-17-31-18-16-27/h1-14,19H,15-18H2,(H,26,28)/b24-19-. The fourth-order valence-corrected chi connectivity index (χ4v) is 4.87. The van der Waals surface area contributed by atoms with Crippen LogP contribution in [0.1, 0.15) is 11.1 Å². The second-order valence-corrected chi connectivity index (χ2v) is 9.27. The van der Waals surface area contributed by atoms with Gasteiger partial charge in [0, 0.05) is 24.4 Å². The highest BCUT2D eigenvalue weighted by molar-refractivity contribution is 7.89. The molecule has 32 heavy (non-hydrogen) atoms. The van der Waals surface area contributed by atoms with Gasteiger partial charge in [0.1, 0.15) is 0 Å². The quantitative estimate of drug-likeness (QED) is 0.459. The highest BCUT2D eigenvalue weighted by atomic mass is 32.2. The van der Waals surface area contributed by atoms with Crippen LogP contribution in [0.15, 0.2) is 89.8 Å². The van der Waals surface area contributed by atoms with E-state index in [0.29, 0.717) is 37.6 Å². The molecule has 1 aliphatic rings. The minimum absolute atomic E-state index is 0.195. The summed E-state index contributed by atoms with van der Waals surface area (Å²) >= 11 is 0. The third kappa shape index (κ3) is 5.13. The van der Waals surface area contributed by atoms with Gasteiger partial charge in [-0.2, -0.15) is 4.31 Å². The number of nitrogens with one attached hydrogen (secondary N) is 1. The van der Waals surface area contributed by atoms with Crippen molar-refractivity contribution in [2.24, 2.45) is 0 Å². The van der Waals surface area contributed by atoms with Crippen LogP contribution < -0.4 is 5.32 Å². The maximum absolute atomic E-state index is 13.1. The number of hydrogen-bond acceptors (Lipinski definition) is 4. The van der Waals surface area contributed by atoms with E-state index in [1.807, 2.05) is 66.7 Å². The van der Waals surface area contributed by atoms with Gasteiger partial charge in [-0.15, -0.1) is 0 Å². The van der Waals surface area contributed by atoms with Crippen molar-refractivity contribution in [1.29, 1.82) is 0 Å². The molecule has 0 unspecified atom stereocenters. The summed E-state index contributed by atoms with van der Waals surface area (Å²) < 4.78 is 32.2. The lowest BCUT2D eigenvalue weighted by molar-refractivity contribution is -0.111. The Bertz CT molecular complexity index is 1190. The number of anilines is 1. The average molecular weight is 449 g/mol. The van der Waals surface area contributed by atoms with Gasteiger partial charge in [-0.05, 0) is 41.5 Å². The van der Waals surface area contributed by atoms with E-state index in [2.05, 4.69) is 5.32 Å². The SMILES string of the molecule is O=C(Nc1ccc(S(=O)(=O)N2CCOCC2)cc1)/C(=C\c1ccccc1)c1ccccc1. The van der Waals surface area contributed by atoms with E-state index in [-0.39, 0.29) is 10.8 Å². The van der Waals surface area contributed by atoms with Crippen molar-refractivity contribution in [2.45, 2.75) is 4.90 Å². The molecule has 0 radical (unpaired) electrons. The minimum atomic E-state index is -3.58. The van der Waals surface area contributed by atoms with Gasteiger partial charge in [-0.1, -0.05) is 60.7 Å². The van der Waals surface area contributed by atoms with Crippen molar-refractivity contribution in [3.8, 4) is 0 Å². The average Bonchev–Trinajstić information content (AvgIpc) is 2.84. The Morgan fingerprint density at radius 1 is 0.844 bits per heavy atom. The van der Waals surface area contributed by atoms with E-state index >= 15 is 0 Å². The van der Waals surface area contributed by atoms with Gasteiger partial charge >= 0.3 is 0 Å². The number of morpholine rings is 1. The topological polar surface area (TPSA) is 75.7 Å². The normalized spacial score (nSPS) is 15.3. The molecule has 4 rings (SSSR count). The van der Waals surface area contributed by atoms with Crippen LogP contribution >= 0.6 is 0 Å². The second-order valence-electron chi connectivity index (χ2n) is 7.33. The van der Waals surface area contributed by atoms with E-state index in [1.54, 1.807) is 12.1 Å². The Morgan fingerprint density at radius 3 is 2.06 bits per heavy atom. The maximum atomic E-state index is 13.1. The van der Waals surface area contributed by atoms with E-state index < -0.39 is 10.0 Å². The molecule has 0 aromatic heterocycles. The fraction of sp³-hybridized carbons (Fsp3) is 0.160. The summed E-state index contributed by atoms with van der Waals surface area (Å²) in [6.07, 6.45) is 1.84. The molecule has 0 bridgehead atoms. The predicted molar refractivity (Wildman–Crippen MR) is 125 cm³/mol. The van der Waals surface area contributed by atoms with Gasteiger partial charge in [0.2, 0.25) is 10.0 Å². The highest BCUT2D eigenvalue weighted by Gasteiger charge is 2.26. The first-order valence-electron chi connectivity index (χ1n) is 10.4. The first-order chi connectivity index (χ1) is 15.5. The van der Waals surface area contributed by atoms with Crippen LogP contribution in [-0.4, -0.2) is 44.9 Å². The summed E-state index contributed by atoms with van der Waals surface area (Å²) in [4.78, 5) is 13.3. The molecule has 6 nitrogen and oxygen atoms in total. The van der Waals surface area contributed by atoms with Gasteiger partial charge in [0.05, 0.1) is 18.1 Å². The van der Waals surface area contributed by atoms with Gasteiger partial charge in [-0.3, -0.25) is 4.79 Å². The number of ether oxygens (including phenoxy) is 1. The molecule has 1 N–H and O–H groups in total. The molecular formula is C25H24N2O4S. The molecule has 3 aromatic rings. The molecule has 1 heterocycles. The number of benzene rings is 3. The predicted octanol–water partition coefficient (Wildman–Crippen LogP) is 3.89. The lowest BCUT2D eigenvalue weighted by atomic mass is 10.0. The molecule has 1 aliphatic heterocycles. The van der Waals surface area contributed by atoms with Gasteiger partial charge < -0.3 is 10.1 Å². The van der Waals surface area contributed by atoms with Crippen molar-refractivity contribution < 1.29 is 17.9 Å². The van der Waals surface area contributed by atoms with E-state index in [4.69, 9.17) is 4.74 Å². The molecule has 3 aromatic carbocycles. The molecule has 1 amide bonds. The lowest BCUT2D eigenvalue weighted by Crippen LogP contribution is -2.40. The number of amides is 1. The smallest absolute Gasteiger partial charge is 0.256 e. The maximum Gasteiger partial charge on any atom is 0.256 e. The Hall–Kier alpha value is -3.26. The second kappa shape index (κ2) is 9.91. The summed E-state index contributed by atoms with van der Waals surface area (Å²) in [7, 11) is -3.58. The van der Waals surface area contributed by atoms with Crippen molar-refractivity contribution in [1.82, 2.24) is 4.31 Å². The zero-order chi connectivity index (χ0) is 22.4. The molecule has 7 heteroatoms. The van der Waals surface area contributed by atoms with Crippen LogP contribution in [0.4, 0.5) is 5.69 Å². The summed E-state index contributed by atoms with van der Waals surface area (Å²) in [5.41, 5.74) is 2.74. The molecule has 0 saturated carbocycles. The van der Waals surface area contributed by atoms with E-state index in [9.17, 15) is 13.2 Å². The molecular weight excluding hydrogens is 424 g/mol. The van der Waals surface area contributed by atoms with Crippen LogP contribution in [0.2, 0.25) is 0 Å². The van der Waals surface area contributed by atoms with Crippen molar-refractivity contribution in [3.05, 3.63) is 96.1 Å². The number of rotatable bonds is 6. The third-order valence-corrected chi connectivity index (χ3v) is 7.07. The zero-order valence-corrected chi connectivity index (χ0v) is 18.3. The van der Waals surface area contributed by atoms with Crippen molar-refractivity contribution in [2.75, 3.05) is 31.6 Å². The molecule has 0 spiro atoms. The number of nitrogens with zero attached hydrogens (tertiary/aromatic N) is 1. The fourth-order valence-electron chi connectivity index (χ4n) is 3.46. The van der Waals surface area contributed by atoms with Gasteiger partial charge in [-0.25, -0.2) is 8.42 Å². The first-order valence-corrected chi connectivity index (χ1v) is 11.8. The number of carbonyl (C=O) groups is 1. The van der Waals surface area contributed by atoms with Crippen LogP contribution in [0.3, 0.4) is 0 Å². The summed E-state index contributed by atoms with van der Waals surface area (Å²) in [5.74, 6) is -0.274. The Labute approximate surface area is 188 Å². The summed E-state index contributed by atoms with van der Waals surface area (Å²) in [5, 5.41) is 2.88. The number of hydrogen-bond donors (Lipinski definition) is 1. The van der Waals surface area contributed by atoms with Gasteiger partial charge in [0.25, 0.3) is 5.91 Å². The number of sulfonamides is 1. The molecule has 164 valence electrons. The van der Waals surface area contributed by atoms with Crippen LogP contribution in [0, 0.1) is 0 Å².